The van der Waals surface area contributed by atoms with E-state index in [4.69, 9.17) is 0 Å². The minimum atomic E-state index is 0.514. The summed E-state index contributed by atoms with van der Waals surface area (Å²) in [5, 5.41) is 5.29. The zero-order valence-corrected chi connectivity index (χ0v) is 16.8. The highest BCUT2D eigenvalue weighted by Gasteiger charge is 2.20. The van der Waals surface area contributed by atoms with Crippen molar-refractivity contribution in [3.8, 4) is 11.1 Å². The SMILES string of the molecule is C1=CC2=CC(c3c4ccccc4c(-c4ccccc4)c4ccccc34)=CCC2C=C1. The Kier molecular flexibility index (Phi) is 4.02. The molecule has 2 aliphatic carbocycles. The number of benzene rings is 4. The summed E-state index contributed by atoms with van der Waals surface area (Å²) in [6.07, 6.45) is 14.8. The molecular formula is C30H22. The van der Waals surface area contributed by atoms with Crippen LogP contribution in [0.2, 0.25) is 0 Å². The summed E-state index contributed by atoms with van der Waals surface area (Å²) >= 11 is 0. The summed E-state index contributed by atoms with van der Waals surface area (Å²) in [6, 6.07) is 28.5. The van der Waals surface area contributed by atoms with Crippen molar-refractivity contribution < 1.29 is 0 Å². The lowest BCUT2D eigenvalue weighted by Gasteiger charge is -2.24. The van der Waals surface area contributed by atoms with Crippen LogP contribution in [0.25, 0.3) is 38.2 Å². The van der Waals surface area contributed by atoms with Crippen LogP contribution in [0.3, 0.4) is 0 Å². The molecule has 0 fully saturated rings. The molecule has 0 nitrogen and oxygen atoms in total. The summed E-state index contributed by atoms with van der Waals surface area (Å²) in [6.45, 7) is 0. The first kappa shape index (κ1) is 17.2. The predicted octanol–water partition coefficient (Wildman–Crippen LogP) is 8.12. The molecule has 0 heteroatoms. The van der Waals surface area contributed by atoms with Crippen LogP contribution >= 0.6 is 0 Å². The zero-order chi connectivity index (χ0) is 19.9. The van der Waals surface area contributed by atoms with Gasteiger partial charge in [-0.05, 0) is 55.8 Å². The topological polar surface area (TPSA) is 0 Å². The predicted molar refractivity (Wildman–Crippen MR) is 129 cm³/mol. The quantitative estimate of drug-likeness (QED) is 0.307. The van der Waals surface area contributed by atoms with Gasteiger partial charge in [-0.1, -0.05) is 115 Å². The smallest absolute Gasteiger partial charge is 0.00561 e. The number of hydrogen-bond acceptors (Lipinski definition) is 0. The Morgan fingerprint density at radius 2 is 1.20 bits per heavy atom. The third-order valence-corrected chi connectivity index (χ3v) is 6.37. The van der Waals surface area contributed by atoms with Crippen LogP contribution in [0.15, 0.2) is 121 Å². The molecule has 0 aliphatic heterocycles. The van der Waals surface area contributed by atoms with E-state index in [1.807, 2.05) is 0 Å². The van der Waals surface area contributed by atoms with Crippen molar-refractivity contribution in [1.82, 2.24) is 0 Å². The highest BCUT2D eigenvalue weighted by atomic mass is 14.2. The molecule has 1 atom stereocenters. The molecule has 2 aliphatic rings. The van der Waals surface area contributed by atoms with Gasteiger partial charge in [0.05, 0.1) is 0 Å². The lowest BCUT2D eigenvalue weighted by Crippen LogP contribution is -2.06. The molecule has 4 aromatic rings. The van der Waals surface area contributed by atoms with Crippen molar-refractivity contribution in [2.24, 2.45) is 5.92 Å². The number of rotatable bonds is 2. The van der Waals surface area contributed by atoms with Crippen LogP contribution in [-0.4, -0.2) is 0 Å². The summed E-state index contributed by atoms with van der Waals surface area (Å²) in [7, 11) is 0. The molecule has 0 radical (unpaired) electrons. The van der Waals surface area contributed by atoms with Crippen molar-refractivity contribution in [2.75, 3.05) is 0 Å². The van der Waals surface area contributed by atoms with Gasteiger partial charge in [0.1, 0.15) is 0 Å². The molecular weight excluding hydrogens is 360 g/mol. The maximum atomic E-state index is 2.42. The highest BCUT2D eigenvalue weighted by Crippen LogP contribution is 2.43. The van der Waals surface area contributed by atoms with Crippen LogP contribution in [0, 0.1) is 5.92 Å². The van der Waals surface area contributed by atoms with Gasteiger partial charge in [-0.25, -0.2) is 0 Å². The molecule has 0 bridgehead atoms. The number of fused-ring (bicyclic) bond motifs is 3. The van der Waals surface area contributed by atoms with Crippen molar-refractivity contribution in [3.05, 3.63) is 126 Å². The van der Waals surface area contributed by atoms with Gasteiger partial charge in [-0.3, -0.25) is 0 Å². The van der Waals surface area contributed by atoms with Crippen molar-refractivity contribution in [3.63, 3.8) is 0 Å². The van der Waals surface area contributed by atoms with Gasteiger partial charge in [-0.2, -0.15) is 0 Å². The third kappa shape index (κ3) is 2.69. The largest absolute Gasteiger partial charge is 0.0767 e. The van der Waals surface area contributed by atoms with Crippen molar-refractivity contribution in [2.45, 2.75) is 6.42 Å². The molecule has 0 spiro atoms. The average molecular weight is 383 g/mol. The second-order valence-electron chi connectivity index (χ2n) is 8.10. The van der Waals surface area contributed by atoms with Crippen LogP contribution in [0.1, 0.15) is 12.0 Å². The molecule has 0 N–H and O–H groups in total. The lowest BCUT2D eigenvalue weighted by atomic mass is 9.80. The fourth-order valence-electron chi connectivity index (χ4n) is 4.99. The van der Waals surface area contributed by atoms with Crippen LogP contribution in [-0.2, 0) is 0 Å². The zero-order valence-electron chi connectivity index (χ0n) is 16.8. The normalized spacial score (nSPS) is 17.7. The van der Waals surface area contributed by atoms with Gasteiger partial charge in [-0.15, -0.1) is 0 Å². The van der Waals surface area contributed by atoms with Crippen molar-refractivity contribution >= 4 is 27.1 Å². The van der Waals surface area contributed by atoms with Gasteiger partial charge >= 0.3 is 0 Å². The number of hydrogen-bond donors (Lipinski definition) is 0. The Morgan fingerprint density at radius 1 is 0.600 bits per heavy atom. The summed E-state index contributed by atoms with van der Waals surface area (Å²) in [5.41, 5.74) is 6.71. The Hall–Kier alpha value is -3.64. The van der Waals surface area contributed by atoms with E-state index < -0.39 is 0 Å². The first-order valence-corrected chi connectivity index (χ1v) is 10.7. The Labute approximate surface area is 177 Å². The molecule has 142 valence electrons. The molecule has 0 heterocycles. The molecule has 0 amide bonds. The van der Waals surface area contributed by atoms with Crippen LogP contribution in [0.4, 0.5) is 0 Å². The third-order valence-electron chi connectivity index (χ3n) is 6.37. The van der Waals surface area contributed by atoms with E-state index in [1.165, 1.54) is 49.4 Å². The van der Waals surface area contributed by atoms with Crippen molar-refractivity contribution in [1.29, 1.82) is 0 Å². The number of allylic oxidation sites excluding steroid dienone is 8. The van der Waals surface area contributed by atoms with Gasteiger partial charge in [0.15, 0.2) is 0 Å². The van der Waals surface area contributed by atoms with E-state index in [2.05, 4.69) is 115 Å². The van der Waals surface area contributed by atoms with E-state index in [0.717, 1.165) is 6.42 Å². The minimum Gasteiger partial charge on any atom is -0.0767 e. The maximum absolute atomic E-state index is 2.42. The maximum Gasteiger partial charge on any atom is 0.00561 e. The summed E-state index contributed by atoms with van der Waals surface area (Å²) in [4.78, 5) is 0. The van der Waals surface area contributed by atoms with E-state index in [-0.39, 0.29) is 0 Å². The molecule has 0 saturated heterocycles. The van der Waals surface area contributed by atoms with Crippen LogP contribution < -0.4 is 0 Å². The van der Waals surface area contributed by atoms with Gasteiger partial charge < -0.3 is 0 Å². The average Bonchev–Trinajstić information content (AvgIpc) is 2.82. The van der Waals surface area contributed by atoms with E-state index >= 15 is 0 Å². The first-order chi connectivity index (χ1) is 14.9. The molecule has 6 rings (SSSR count). The molecule has 4 aromatic carbocycles. The van der Waals surface area contributed by atoms with Gasteiger partial charge in [0.2, 0.25) is 0 Å². The van der Waals surface area contributed by atoms with Gasteiger partial charge in [0.25, 0.3) is 0 Å². The molecule has 0 aromatic heterocycles. The second-order valence-corrected chi connectivity index (χ2v) is 8.10. The molecule has 1 unspecified atom stereocenters. The Balaban J connectivity index is 1.70. The van der Waals surface area contributed by atoms with E-state index in [0.29, 0.717) is 5.92 Å². The fraction of sp³-hybridized carbons (Fsp3) is 0.0667. The monoisotopic (exact) mass is 382 g/mol. The van der Waals surface area contributed by atoms with Crippen LogP contribution in [0.5, 0.6) is 0 Å². The lowest BCUT2D eigenvalue weighted by molar-refractivity contribution is 0.783. The van der Waals surface area contributed by atoms with Gasteiger partial charge in [0, 0.05) is 5.92 Å². The Bertz CT molecular complexity index is 1340. The Morgan fingerprint density at radius 3 is 1.87 bits per heavy atom. The highest BCUT2D eigenvalue weighted by molar-refractivity contribution is 6.19. The summed E-state index contributed by atoms with van der Waals surface area (Å²) in [5.74, 6) is 0.514. The molecule has 0 saturated carbocycles. The van der Waals surface area contributed by atoms with E-state index in [9.17, 15) is 0 Å². The standard InChI is InChI=1S/C30H22/c1-2-11-22(12-3-1)29-25-14-6-8-16-27(25)30(28-17-9-7-15-26(28)29)24-19-18-21-10-4-5-13-23(21)20-24/h1-17,19-21H,18H2. The van der Waals surface area contributed by atoms with E-state index in [1.54, 1.807) is 0 Å². The summed E-state index contributed by atoms with van der Waals surface area (Å²) < 4.78 is 0. The molecule has 30 heavy (non-hydrogen) atoms. The first-order valence-electron chi connectivity index (χ1n) is 10.7. The fourth-order valence-corrected chi connectivity index (χ4v) is 4.99. The second kappa shape index (κ2) is 7.00. The minimum absolute atomic E-state index is 0.514.